The SMILES string of the molecule is CCCCCOc1ccc(C(=O)N(Cc2ccccn2)c2nc3c(C)cccc3s2)cc1. The molecule has 0 saturated heterocycles. The molecule has 0 aliphatic heterocycles. The first kappa shape index (κ1) is 22.0. The molecule has 0 aliphatic rings. The summed E-state index contributed by atoms with van der Waals surface area (Å²) in [5.41, 5.74) is 3.44. The van der Waals surface area contributed by atoms with Crippen LogP contribution < -0.4 is 9.64 Å². The van der Waals surface area contributed by atoms with E-state index < -0.39 is 0 Å². The standard InChI is InChI=1S/C26H27N3O2S/c1-3-4-7-17-31-22-14-12-20(13-15-22)25(30)29(18-21-10-5-6-16-27-21)26-28-24-19(2)9-8-11-23(24)32-26/h5-6,8-16H,3-4,7,17-18H2,1-2H3. The summed E-state index contributed by atoms with van der Waals surface area (Å²) in [7, 11) is 0. The molecule has 0 atom stereocenters. The van der Waals surface area contributed by atoms with Crippen LogP contribution in [0.5, 0.6) is 5.75 Å². The maximum atomic E-state index is 13.5. The normalized spacial score (nSPS) is 10.9. The molecule has 2 aromatic heterocycles. The quantitative estimate of drug-likeness (QED) is 0.279. The third-order valence-electron chi connectivity index (χ3n) is 5.25. The number of benzene rings is 2. The van der Waals surface area contributed by atoms with Gasteiger partial charge in [0.25, 0.3) is 5.91 Å². The van der Waals surface area contributed by atoms with Crippen LogP contribution in [-0.4, -0.2) is 22.5 Å². The highest BCUT2D eigenvalue weighted by Gasteiger charge is 2.22. The van der Waals surface area contributed by atoms with Gasteiger partial charge in [-0.15, -0.1) is 0 Å². The largest absolute Gasteiger partial charge is 0.494 e. The van der Waals surface area contributed by atoms with Crippen LogP contribution in [0.3, 0.4) is 0 Å². The number of carbonyl (C=O) groups excluding carboxylic acids is 1. The van der Waals surface area contributed by atoms with Gasteiger partial charge in [0.05, 0.1) is 29.1 Å². The number of aryl methyl sites for hydroxylation is 1. The minimum Gasteiger partial charge on any atom is -0.494 e. The Morgan fingerprint density at radius 1 is 1.03 bits per heavy atom. The smallest absolute Gasteiger partial charge is 0.260 e. The molecule has 2 aromatic carbocycles. The van der Waals surface area contributed by atoms with E-state index in [0.29, 0.717) is 23.8 Å². The van der Waals surface area contributed by atoms with E-state index in [4.69, 9.17) is 9.72 Å². The predicted molar refractivity (Wildman–Crippen MR) is 131 cm³/mol. The molecule has 2 heterocycles. The second-order valence-electron chi connectivity index (χ2n) is 7.71. The number of hydrogen-bond acceptors (Lipinski definition) is 5. The molecule has 0 saturated carbocycles. The van der Waals surface area contributed by atoms with Crippen LogP contribution in [0, 0.1) is 6.92 Å². The molecule has 4 aromatic rings. The van der Waals surface area contributed by atoms with Gasteiger partial charge in [-0.25, -0.2) is 4.98 Å². The molecular formula is C26H27N3O2S. The lowest BCUT2D eigenvalue weighted by Crippen LogP contribution is -2.30. The van der Waals surface area contributed by atoms with Crippen molar-refractivity contribution in [2.75, 3.05) is 11.5 Å². The van der Waals surface area contributed by atoms with E-state index in [-0.39, 0.29) is 5.91 Å². The van der Waals surface area contributed by atoms with Crippen molar-refractivity contribution in [2.45, 2.75) is 39.7 Å². The summed E-state index contributed by atoms with van der Waals surface area (Å²) in [5, 5.41) is 0.671. The number of nitrogens with zero attached hydrogens (tertiary/aromatic N) is 3. The lowest BCUT2D eigenvalue weighted by atomic mass is 10.2. The lowest BCUT2D eigenvalue weighted by molar-refractivity contribution is 0.0984. The van der Waals surface area contributed by atoms with Crippen molar-refractivity contribution in [2.24, 2.45) is 0 Å². The number of pyridine rings is 1. The van der Waals surface area contributed by atoms with Crippen molar-refractivity contribution in [3.05, 3.63) is 83.7 Å². The third kappa shape index (κ3) is 5.14. The second kappa shape index (κ2) is 10.4. The Kier molecular flexibility index (Phi) is 7.12. The number of amides is 1. The first-order chi connectivity index (χ1) is 15.7. The van der Waals surface area contributed by atoms with Gasteiger partial charge in [-0.1, -0.05) is 49.3 Å². The molecule has 0 spiro atoms. The Morgan fingerprint density at radius 3 is 2.59 bits per heavy atom. The summed E-state index contributed by atoms with van der Waals surface area (Å²) in [6, 6.07) is 19.2. The number of rotatable bonds is 9. The fourth-order valence-corrected chi connectivity index (χ4v) is 4.50. The zero-order valence-corrected chi connectivity index (χ0v) is 19.3. The zero-order chi connectivity index (χ0) is 22.3. The van der Waals surface area contributed by atoms with Crippen LogP contribution >= 0.6 is 11.3 Å². The molecule has 6 heteroatoms. The van der Waals surface area contributed by atoms with Gasteiger partial charge in [-0.3, -0.25) is 14.7 Å². The van der Waals surface area contributed by atoms with Crippen molar-refractivity contribution < 1.29 is 9.53 Å². The lowest BCUT2D eigenvalue weighted by Gasteiger charge is -2.20. The molecule has 0 aliphatic carbocycles. The fraction of sp³-hybridized carbons (Fsp3) is 0.269. The van der Waals surface area contributed by atoms with E-state index in [1.807, 2.05) is 67.6 Å². The van der Waals surface area contributed by atoms with E-state index in [0.717, 1.165) is 46.5 Å². The van der Waals surface area contributed by atoms with Crippen molar-refractivity contribution in [3.8, 4) is 5.75 Å². The highest BCUT2D eigenvalue weighted by molar-refractivity contribution is 7.22. The number of fused-ring (bicyclic) bond motifs is 1. The van der Waals surface area contributed by atoms with E-state index in [1.165, 1.54) is 11.3 Å². The Morgan fingerprint density at radius 2 is 1.88 bits per heavy atom. The summed E-state index contributed by atoms with van der Waals surface area (Å²) in [6.07, 6.45) is 5.09. The van der Waals surface area contributed by atoms with Crippen molar-refractivity contribution in [1.82, 2.24) is 9.97 Å². The van der Waals surface area contributed by atoms with Crippen LogP contribution in [0.4, 0.5) is 5.13 Å². The average Bonchev–Trinajstić information content (AvgIpc) is 3.26. The van der Waals surface area contributed by atoms with Gasteiger partial charge in [0, 0.05) is 11.8 Å². The number of para-hydroxylation sites is 1. The molecule has 0 radical (unpaired) electrons. The summed E-state index contributed by atoms with van der Waals surface area (Å²) in [5.74, 6) is 0.675. The van der Waals surface area contributed by atoms with E-state index >= 15 is 0 Å². The van der Waals surface area contributed by atoms with Crippen molar-refractivity contribution in [3.63, 3.8) is 0 Å². The minimum atomic E-state index is -0.107. The Bertz CT molecular complexity index is 1170. The average molecular weight is 446 g/mol. The van der Waals surface area contributed by atoms with Gasteiger partial charge >= 0.3 is 0 Å². The highest BCUT2D eigenvalue weighted by Crippen LogP contribution is 2.32. The Balaban J connectivity index is 1.60. The molecule has 32 heavy (non-hydrogen) atoms. The molecule has 0 fully saturated rings. The first-order valence-corrected chi connectivity index (χ1v) is 11.8. The molecule has 0 N–H and O–H groups in total. The van der Waals surface area contributed by atoms with E-state index in [2.05, 4.69) is 11.9 Å². The summed E-state index contributed by atoms with van der Waals surface area (Å²) in [4.78, 5) is 24.5. The number of thiazole rings is 1. The van der Waals surface area contributed by atoms with Crippen LogP contribution in [0.15, 0.2) is 66.9 Å². The van der Waals surface area contributed by atoms with Crippen molar-refractivity contribution in [1.29, 1.82) is 0 Å². The van der Waals surface area contributed by atoms with Crippen LogP contribution in [0.25, 0.3) is 10.2 Å². The summed E-state index contributed by atoms with van der Waals surface area (Å²) < 4.78 is 6.86. The highest BCUT2D eigenvalue weighted by atomic mass is 32.1. The van der Waals surface area contributed by atoms with Crippen LogP contribution in [0.1, 0.15) is 47.8 Å². The van der Waals surface area contributed by atoms with Crippen LogP contribution in [0.2, 0.25) is 0 Å². The number of ether oxygens (including phenoxy) is 1. The van der Waals surface area contributed by atoms with Gasteiger partial charge in [0.2, 0.25) is 0 Å². The maximum Gasteiger partial charge on any atom is 0.260 e. The molecule has 4 rings (SSSR count). The topological polar surface area (TPSA) is 55.3 Å². The molecule has 1 amide bonds. The summed E-state index contributed by atoms with van der Waals surface area (Å²) in [6.45, 7) is 5.26. The Hall–Kier alpha value is -3.25. The second-order valence-corrected chi connectivity index (χ2v) is 8.72. The molecule has 164 valence electrons. The van der Waals surface area contributed by atoms with Gasteiger partial charge in [0.1, 0.15) is 5.75 Å². The molecule has 0 bridgehead atoms. The Labute approximate surface area is 192 Å². The van der Waals surface area contributed by atoms with Gasteiger partial charge in [0.15, 0.2) is 5.13 Å². The van der Waals surface area contributed by atoms with Gasteiger partial charge in [-0.05, 0) is 61.4 Å². The van der Waals surface area contributed by atoms with Crippen LogP contribution in [-0.2, 0) is 6.54 Å². The van der Waals surface area contributed by atoms with Crippen molar-refractivity contribution >= 4 is 32.6 Å². The number of hydrogen-bond donors (Lipinski definition) is 0. The number of unbranched alkanes of at least 4 members (excludes halogenated alkanes) is 2. The van der Waals surface area contributed by atoms with Gasteiger partial charge in [-0.2, -0.15) is 0 Å². The molecule has 0 unspecified atom stereocenters. The monoisotopic (exact) mass is 445 g/mol. The number of anilines is 1. The predicted octanol–water partition coefficient (Wildman–Crippen LogP) is 6.42. The summed E-state index contributed by atoms with van der Waals surface area (Å²) >= 11 is 1.52. The third-order valence-corrected chi connectivity index (χ3v) is 6.29. The van der Waals surface area contributed by atoms with E-state index in [1.54, 1.807) is 11.1 Å². The molecule has 5 nitrogen and oxygen atoms in total. The first-order valence-electron chi connectivity index (χ1n) is 11.0. The van der Waals surface area contributed by atoms with E-state index in [9.17, 15) is 4.79 Å². The zero-order valence-electron chi connectivity index (χ0n) is 18.5. The molecular weight excluding hydrogens is 418 g/mol. The minimum absolute atomic E-state index is 0.107. The fourth-order valence-electron chi connectivity index (χ4n) is 3.46. The number of carbonyl (C=O) groups is 1. The maximum absolute atomic E-state index is 13.5. The number of aromatic nitrogens is 2. The van der Waals surface area contributed by atoms with Gasteiger partial charge < -0.3 is 4.74 Å².